The molecule has 1 amide bonds. The van der Waals surface area contributed by atoms with Gasteiger partial charge in [0.25, 0.3) is 5.91 Å². The summed E-state index contributed by atoms with van der Waals surface area (Å²) < 4.78 is 5.49. The maximum absolute atomic E-state index is 11.8. The van der Waals surface area contributed by atoms with E-state index in [4.69, 9.17) is 4.74 Å². The SMILES string of the molecule is CCN1CCC[C@H]1CNC(=O)COc1cccc(C)c1. The summed E-state index contributed by atoms with van der Waals surface area (Å²) in [7, 11) is 0. The van der Waals surface area contributed by atoms with Crippen LogP contribution in [-0.2, 0) is 4.79 Å². The Kier molecular flexibility index (Phi) is 5.41. The van der Waals surface area contributed by atoms with E-state index in [9.17, 15) is 4.79 Å². The molecule has 110 valence electrons. The molecule has 1 aliphatic rings. The topological polar surface area (TPSA) is 41.6 Å². The second-order valence-electron chi connectivity index (χ2n) is 5.33. The highest BCUT2D eigenvalue weighted by atomic mass is 16.5. The third kappa shape index (κ3) is 4.23. The summed E-state index contributed by atoms with van der Waals surface area (Å²) in [6.45, 7) is 7.19. The Balaban J connectivity index is 1.70. The van der Waals surface area contributed by atoms with Gasteiger partial charge in [0, 0.05) is 12.6 Å². The van der Waals surface area contributed by atoms with E-state index >= 15 is 0 Å². The fourth-order valence-corrected chi connectivity index (χ4v) is 2.68. The summed E-state index contributed by atoms with van der Waals surface area (Å²) in [5.41, 5.74) is 1.13. The first kappa shape index (κ1) is 14.9. The number of hydrogen-bond donors (Lipinski definition) is 1. The van der Waals surface area contributed by atoms with Crippen molar-refractivity contribution in [2.24, 2.45) is 0 Å². The molecule has 1 aliphatic heterocycles. The van der Waals surface area contributed by atoms with Crippen LogP contribution in [0.2, 0.25) is 0 Å². The Morgan fingerprint density at radius 3 is 3.10 bits per heavy atom. The first-order valence-corrected chi connectivity index (χ1v) is 7.39. The highest BCUT2D eigenvalue weighted by Gasteiger charge is 2.23. The minimum atomic E-state index is -0.0468. The highest BCUT2D eigenvalue weighted by Crippen LogP contribution is 2.15. The molecule has 0 unspecified atom stereocenters. The molecule has 20 heavy (non-hydrogen) atoms. The quantitative estimate of drug-likeness (QED) is 0.864. The number of amides is 1. The molecular weight excluding hydrogens is 252 g/mol. The number of carbonyl (C=O) groups excluding carboxylic acids is 1. The number of likely N-dealkylation sites (tertiary alicyclic amines) is 1. The number of ether oxygens (including phenoxy) is 1. The first-order chi connectivity index (χ1) is 9.69. The normalized spacial score (nSPS) is 19.0. The van der Waals surface area contributed by atoms with E-state index in [2.05, 4.69) is 17.1 Å². The Labute approximate surface area is 121 Å². The summed E-state index contributed by atoms with van der Waals surface area (Å²) in [4.78, 5) is 14.2. The Morgan fingerprint density at radius 2 is 2.35 bits per heavy atom. The van der Waals surface area contributed by atoms with Crippen molar-refractivity contribution in [1.29, 1.82) is 0 Å². The van der Waals surface area contributed by atoms with Gasteiger partial charge in [-0.15, -0.1) is 0 Å². The maximum Gasteiger partial charge on any atom is 0.257 e. The largest absolute Gasteiger partial charge is 0.484 e. The van der Waals surface area contributed by atoms with E-state index in [1.807, 2.05) is 31.2 Å². The molecule has 0 aromatic heterocycles. The predicted octanol–water partition coefficient (Wildman–Crippen LogP) is 1.97. The lowest BCUT2D eigenvalue weighted by Crippen LogP contribution is -2.41. The molecule has 4 nitrogen and oxygen atoms in total. The van der Waals surface area contributed by atoms with Gasteiger partial charge in [0.15, 0.2) is 6.61 Å². The molecule has 1 heterocycles. The van der Waals surface area contributed by atoms with Crippen molar-refractivity contribution in [3.63, 3.8) is 0 Å². The number of nitrogens with zero attached hydrogens (tertiary/aromatic N) is 1. The number of likely N-dealkylation sites (N-methyl/N-ethyl adjacent to an activating group) is 1. The summed E-state index contributed by atoms with van der Waals surface area (Å²) in [5, 5.41) is 2.97. The number of nitrogens with one attached hydrogen (secondary N) is 1. The zero-order chi connectivity index (χ0) is 14.4. The van der Waals surface area contributed by atoms with Crippen LogP contribution in [-0.4, -0.2) is 43.1 Å². The monoisotopic (exact) mass is 276 g/mol. The van der Waals surface area contributed by atoms with Gasteiger partial charge < -0.3 is 10.1 Å². The van der Waals surface area contributed by atoms with Gasteiger partial charge in [-0.1, -0.05) is 19.1 Å². The highest BCUT2D eigenvalue weighted by molar-refractivity contribution is 5.77. The van der Waals surface area contributed by atoms with Crippen molar-refractivity contribution in [3.05, 3.63) is 29.8 Å². The number of aryl methyl sites for hydroxylation is 1. The molecule has 0 saturated carbocycles. The first-order valence-electron chi connectivity index (χ1n) is 7.39. The van der Waals surface area contributed by atoms with Gasteiger partial charge in [-0.25, -0.2) is 0 Å². The van der Waals surface area contributed by atoms with Gasteiger partial charge in [-0.05, 0) is 50.6 Å². The van der Waals surface area contributed by atoms with Gasteiger partial charge in [0.05, 0.1) is 0 Å². The van der Waals surface area contributed by atoms with Crippen LogP contribution in [0.3, 0.4) is 0 Å². The minimum absolute atomic E-state index is 0.0468. The van der Waals surface area contributed by atoms with Crippen molar-refractivity contribution in [1.82, 2.24) is 10.2 Å². The lowest BCUT2D eigenvalue weighted by atomic mass is 10.2. The molecule has 1 atom stereocenters. The number of rotatable bonds is 6. The van der Waals surface area contributed by atoms with Gasteiger partial charge >= 0.3 is 0 Å². The summed E-state index contributed by atoms with van der Waals surface area (Å²) in [6.07, 6.45) is 2.40. The van der Waals surface area contributed by atoms with Gasteiger partial charge in [-0.3, -0.25) is 9.69 Å². The maximum atomic E-state index is 11.8. The molecule has 0 bridgehead atoms. The Morgan fingerprint density at radius 1 is 1.50 bits per heavy atom. The van der Waals surface area contributed by atoms with E-state index in [1.165, 1.54) is 12.8 Å². The van der Waals surface area contributed by atoms with Crippen molar-refractivity contribution >= 4 is 5.91 Å². The number of carbonyl (C=O) groups is 1. The molecule has 1 aromatic carbocycles. The van der Waals surface area contributed by atoms with Gasteiger partial charge in [0.1, 0.15) is 5.75 Å². The van der Waals surface area contributed by atoms with E-state index in [0.717, 1.165) is 30.9 Å². The fourth-order valence-electron chi connectivity index (χ4n) is 2.68. The minimum Gasteiger partial charge on any atom is -0.484 e. The molecule has 0 radical (unpaired) electrons. The average molecular weight is 276 g/mol. The van der Waals surface area contributed by atoms with Crippen molar-refractivity contribution in [2.45, 2.75) is 32.7 Å². The molecule has 2 rings (SSSR count). The molecule has 0 spiro atoms. The summed E-state index contributed by atoms with van der Waals surface area (Å²) >= 11 is 0. The van der Waals surface area contributed by atoms with Crippen LogP contribution in [0.5, 0.6) is 5.75 Å². The van der Waals surface area contributed by atoms with E-state index in [1.54, 1.807) is 0 Å². The fraction of sp³-hybridized carbons (Fsp3) is 0.562. The smallest absolute Gasteiger partial charge is 0.257 e. The summed E-state index contributed by atoms with van der Waals surface area (Å²) in [5.74, 6) is 0.700. The van der Waals surface area contributed by atoms with Crippen LogP contribution in [0, 0.1) is 6.92 Å². The molecule has 1 saturated heterocycles. The predicted molar refractivity (Wildman–Crippen MR) is 80.0 cm³/mol. The molecular formula is C16H24N2O2. The second-order valence-corrected chi connectivity index (χ2v) is 5.33. The molecule has 1 aromatic rings. The van der Waals surface area contributed by atoms with Crippen LogP contribution in [0.25, 0.3) is 0 Å². The summed E-state index contributed by atoms with van der Waals surface area (Å²) in [6, 6.07) is 8.23. The zero-order valence-corrected chi connectivity index (χ0v) is 12.4. The van der Waals surface area contributed by atoms with E-state index in [0.29, 0.717) is 6.04 Å². The van der Waals surface area contributed by atoms with Crippen LogP contribution in [0.15, 0.2) is 24.3 Å². The van der Waals surface area contributed by atoms with E-state index < -0.39 is 0 Å². The van der Waals surface area contributed by atoms with Crippen molar-refractivity contribution in [3.8, 4) is 5.75 Å². The van der Waals surface area contributed by atoms with Crippen LogP contribution in [0.4, 0.5) is 0 Å². The third-order valence-corrected chi connectivity index (χ3v) is 3.80. The van der Waals surface area contributed by atoms with Crippen molar-refractivity contribution in [2.75, 3.05) is 26.2 Å². The van der Waals surface area contributed by atoms with E-state index in [-0.39, 0.29) is 12.5 Å². The third-order valence-electron chi connectivity index (χ3n) is 3.80. The standard InChI is InChI=1S/C16H24N2O2/c1-3-18-9-5-7-14(18)11-17-16(19)12-20-15-8-4-6-13(2)10-15/h4,6,8,10,14H,3,5,7,9,11-12H2,1-2H3,(H,17,19)/t14-/m0/s1. The lowest BCUT2D eigenvalue weighted by molar-refractivity contribution is -0.123. The number of benzene rings is 1. The molecule has 4 heteroatoms. The van der Waals surface area contributed by atoms with Crippen LogP contribution < -0.4 is 10.1 Å². The lowest BCUT2D eigenvalue weighted by Gasteiger charge is -2.22. The number of hydrogen-bond acceptors (Lipinski definition) is 3. The second kappa shape index (κ2) is 7.29. The van der Waals surface area contributed by atoms with Crippen LogP contribution >= 0.6 is 0 Å². The molecule has 0 aliphatic carbocycles. The average Bonchev–Trinajstić information content (AvgIpc) is 2.90. The zero-order valence-electron chi connectivity index (χ0n) is 12.4. The van der Waals surface area contributed by atoms with Crippen LogP contribution in [0.1, 0.15) is 25.3 Å². The Hall–Kier alpha value is -1.55. The molecule has 1 N–H and O–H groups in total. The van der Waals surface area contributed by atoms with Gasteiger partial charge in [-0.2, -0.15) is 0 Å². The van der Waals surface area contributed by atoms with Crippen molar-refractivity contribution < 1.29 is 9.53 Å². The van der Waals surface area contributed by atoms with Gasteiger partial charge in [0.2, 0.25) is 0 Å². The Bertz CT molecular complexity index is 448. The molecule has 1 fully saturated rings.